The third-order valence-electron chi connectivity index (χ3n) is 2.62. The van der Waals surface area contributed by atoms with Crippen molar-refractivity contribution in [2.45, 2.75) is 32.0 Å². The topological polar surface area (TPSA) is 29.5 Å². The number of rotatable bonds is 1. The van der Waals surface area contributed by atoms with Crippen LogP contribution in [0.15, 0.2) is 11.1 Å². The first-order chi connectivity index (χ1) is 5.47. The highest BCUT2D eigenvalue weighted by atomic mass is 35.5. The number of halogens is 1. The largest absolute Gasteiger partial charge is 0.389 e. The molecule has 0 saturated carbocycles. The molecule has 0 fully saturated rings. The molecule has 0 aromatic heterocycles. The molecule has 0 heterocycles. The average Bonchev–Trinajstić information content (AvgIpc) is 1.96. The van der Waals surface area contributed by atoms with Crippen LogP contribution in [-0.4, -0.2) is 23.9 Å². The molecule has 3 atom stereocenters. The van der Waals surface area contributed by atoms with Crippen LogP contribution in [0.2, 0.25) is 0 Å². The van der Waals surface area contributed by atoms with Crippen molar-refractivity contribution in [2.75, 3.05) is 7.11 Å². The Hall–Kier alpha value is -0.0500. The lowest BCUT2D eigenvalue weighted by atomic mass is 9.79. The zero-order chi connectivity index (χ0) is 9.35. The van der Waals surface area contributed by atoms with Gasteiger partial charge in [0.2, 0.25) is 0 Å². The fourth-order valence-corrected chi connectivity index (χ4v) is 1.91. The molecular formula is C9H15ClO2. The van der Waals surface area contributed by atoms with Crippen LogP contribution in [-0.2, 0) is 4.74 Å². The number of hydrogen-bond acceptors (Lipinski definition) is 2. The van der Waals surface area contributed by atoms with Crippen LogP contribution in [0.3, 0.4) is 0 Å². The van der Waals surface area contributed by atoms with E-state index in [4.69, 9.17) is 16.3 Å². The Morgan fingerprint density at radius 1 is 1.75 bits per heavy atom. The Morgan fingerprint density at radius 3 is 2.83 bits per heavy atom. The summed E-state index contributed by atoms with van der Waals surface area (Å²) in [6.45, 7) is 3.76. The molecule has 0 amide bonds. The van der Waals surface area contributed by atoms with Gasteiger partial charge in [-0.1, -0.05) is 18.5 Å². The highest BCUT2D eigenvalue weighted by Gasteiger charge is 2.37. The fourth-order valence-electron chi connectivity index (χ4n) is 1.51. The highest BCUT2D eigenvalue weighted by molar-refractivity contribution is 6.29. The van der Waals surface area contributed by atoms with Crippen LogP contribution in [0.25, 0.3) is 0 Å². The van der Waals surface area contributed by atoms with Crippen LogP contribution in [0.5, 0.6) is 0 Å². The van der Waals surface area contributed by atoms with Crippen LogP contribution in [0.1, 0.15) is 20.3 Å². The molecule has 3 heteroatoms. The summed E-state index contributed by atoms with van der Waals surface area (Å²) >= 11 is 5.86. The summed E-state index contributed by atoms with van der Waals surface area (Å²) in [6, 6.07) is 0. The van der Waals surface area contributed by atoms with Gasteiger partial charge in [0, 0.05) is 24.5 Å². The molecule has 0 aromatic rings. The summed E-state index contributed by atoms with van der Waals surface area (Å²) in [5.41, 5.74) is -0.744. The van der Waals surface area contributed by atoms with Crippen LogP contribution in [0.4, 0.5) is 0 Å². The van der Waals surface area contributed by atoms with E-state index in [1.807, 2.05) is 13.0 Å². The lowest BCUT2D eigenvalue weighted by Gasteiger charge is -2.37. The molecular weight excluding hydrogens is 176 g/mol. The fraction of sp³-hybridized carbons (Fsp3) is 0.778. The molecule has 0 aliphatic heterocycles. The maximum atomic E-state index is 9.91. The van der Waals surface area contributed by atoms with Gasteiger partial charge in [-0.2, -0.15) is 0 Å². The van der Waals surface area contributed by atoms with Crippen molar-refractivity contribution >= 4 is 11.6 Å². The van der Waals surface area contributed by atoms with Gasteiger partial charge in [0.1, 0.15) is 0 Å². The predicted octanol–water partition coefficient (Wildman–Crippen LogP) is 1.91. The zero-order valence-electron chi connectivity index (χ0n) is 7.67. The van der Waals surface area contributed by atoms with E-state index in [2.05, 4.69) is 0 Å². The summed E-state index contributed by atoms with van der Waals surface area (Å²) in [5.74, 6) is 0.0880. The molecule has 1 aliphatic carbocycles. The molecule has 0 radical (unpaired) electrons. The van der Waals surface area contributed by atoms with Gasteiger partial charge < -0.3 is 9.84 Å². The third kappa shape index (κ3) is 1.82. The van der Waals surface area contributed by atoms with Crippen molar-refractivity contribution in [2.24, 2.45) is 5.92 Å². The van der Waals surface area contributed by atoms with Crippen molar-refractivity contribution in [3.05, 3.63) is 11.1 Å². The van der Waals surface area contributed by atoms with E-state index < -0.39 is 5.60 Å². The molecule has 70 valence electrons. The van der Waals surface area contributed by atoms with Gasteiger partial charge in [0.15, 0.2) is 0 Å². The molecule has 0 aromatic carbocycles. The molecule has 2 nitrogen and oxygen atoms in total. The maximum absolute atomic E-state index is 9.91. The van der Waals surface area contributed by atoms with E-state index in [-0.39, 0.29) is 12.0 Å². The lowest BCUT2D eigenvalue weighted by molar-refractivity contribution is -0.0551. The first-order valence-electron chi connectivity index (χ1n) is 4.09. The van der Waals surface area contributed by atoms with Gasteiger partial charge in [-0.05, 0) is 13.0 Å². The van der Waals surface area contributed by atoms with E-state index in [1.165, 1.54) is 0 Å². The van der Waals surface area contributed by atoms with E-state index in [1.54, 1.807) is 14.0 Å². The Kier molecular flexibility index (Phi) is 2.81. The zero-order valence-corrected chi connectivity index (χ0v) is 8.43. The second kappa shape index (κ2) is 3.36. The van der Waals surface area contributed by atoms with Crippen LogP contribution in [0, 0.1) is 5.92 Å². The lowest BCUT2D eigenvalue weighted by Crippen LogP contribution is -2.43. The van der Waals surface area contributed by atoms with Crippen molar-refractivity contribution in [1.29, 1.82) is 0 Å². The molecule has 0 unspecified atom stereocenters. The Bertz CT molecular complexity index is 199. The quantitative estimate of drug-likeness (QED) is 0.685. The van der Waals surface area contributed by atoms with Gasteiger partial charge in [-0.25, -0.2) is 0 Å². The SMILES string of the molecule is CO[C@H]1C=C(Cl)C[C@](C)(O)[C@@H]1C. The number of methoxy groups -OCH3 is 1. The second-order valence-electron chi connectivity index (χ2n) is 3.64. The number of hydrogen-bond donors (Lipinski definition) is 1. The van der Waals surface area contributed by atoms with Crippen LogP contribution < -0.4 is 0 Å². The van der Waals surface area contributed by atoms with Gasteiger partial charge >= 0.3 is 0 Å². The summed E-state index contributed by atoms with van der Waals surface area (Å²) in [7, 11) is 1.63. The van der Waals surface area contributed by atoms with Crippen molar-refractivity contribution in [3.8, 4) is 0 Å². The minimum Gasteiger partial charge on any atom is -0.389 e. The molecule has 1 N–H and O–H groups in total. The highest BCUT2D eigenvalue weighted by Crippen LogP contribution is 2.35. The van der Waals surface area contributed by atoms with Crippen molar-refractivity contribution < 1.29 is 9.84 Å². The smallest absolute Gasteiger partial charge is 0.0819 e. The average molecular weight is 191 g/mol. The Balaban J connectivity index is 2.85. The molecule has 0 saturated heterocycles. The van der Waals surface area contributed by atoms with Crippen LogP contribution >= 0.6 is 11.6 Å². The summed E-state index contributed by atoms with van der Waals surface area (Å²) in [5, 5.41) is 10.6. The third-order valence-corrected chi connectivity index (χ3v) is 2.88. The first-order valence-corrected chi connectivity index (χ1v) is 4.46. The Labute approximate surface area is 78.2 Å². The predicted molar refractivity (Wildman–Crippen MR) is 49.1 cm³/mol. The molecule has 0 spiro atoms. The minimum absolute atomic E-state index is 0.0683. The Morgan fingerprint density at radius 2 is 2.33 bits per heavy atom. The van der Waals surface area contributed by atoms with Gasteiger partial charge in [0.25, 0.3) is 0 Å². The normalized spacial score (nSPS) is 42.6. The molecule has 1 aliphatic rings. The number of ether oxygens (including phenoxy) is 1. The summed E-state index contributed by atoms with van der Waals surface area (Å²) < 4.78 is 5.19. The maximum Gasteiger partial charge on any atom is 0.0819 e. The van der Waals surface area contributed by atoms with E-state index in [9.17, 15) is 5.11 Å². The molecule has 12 heavy (non-hydrogen) atoms. The number of aliphatic hydroxyl groups is 1. The molecule has 0 bridgehead atoms. The molecule has 1 rings (SSSR count). The minimum atomic E-state index is -0.744. The standard InChI is InChI=1S/C9H15ClO2/c1-6-8(12-3)4-7(10)5-9(6,2)11/h4,6,8,11H,5H2,1-3H3/t6-,8+,9+/m1/s1. The van der Waals surface area contributed by atoms with Gasteiger partial charge in [0.05, 0.1) is 11.7 Å². The summed E-state index contributed by atoms with van der Waals surface area (Å²) in [4.78, 5) is 0. The summed E-state index contributed by atoms with van der Waals surface area (Å²) in [6.07, 6.45) is 2.32. The van der Waals surface area contributed by atoms with E-state index >= 15 is 0 Å². The van der Waals surface area contributed by atoms with Crippen molar-refractivity contribution in [1.82, 2.24) is 0 Å². The van der Waals surface area contributed by atoms with E-state index in [0.29, 0.717) is 11.5 Å². The second-order valence-corrected chi connectivity index (χ2v) is 4.12. The van der Waals surface area contributed by atoms with Crippen molar-refractivity contribution in [3.63, 3.8) is 0 Å². The first kappa shape index (κ1) is 10.0. The monoisotopic (exact) mass is 190 g/mol. The van der Waals surface area contributed by atoms with E-state index in [0.717, 1.165) is 0 Å². The van der Waals surface area contributed by atoms with Gasteiger partial charge in [-0.3, -0.25) is 0 Å². The van der Waals surface area contributed by atoms with Gasteiger partial charge in [-0.15, -0.1) is 0 Å².